The number of aryl methyl sites for hydroxylation is 1. The van der Waals surface area contributed by atoms with Gasteiger partial charge < -0.3 is 5.32 Å². The van der Waals surface area contributed by atoms with Gasteiger partial charge in [0.05, 0.1) is 6.04 Å². The average molecular weight is 240 g/mol. The van der Waals surface area contributed by atoms with Crippen LogP contribution in [0.25, 0.3) is 0 Å². The number of thiazole rings is 1. The number of aromatic nitrogens is 3. The fourth-order valence-corrected chi connectivity index (χ4v) is 2.67. The lowest BCUT2D eigenvalue weighted by atomic mass is 10.2. The van der Waals surface area contributed by atoms with E-state index < -0.39 is 0 Å². The number of hydrogen-bond donors (Lipinski definition) is 1. The van der Waals surface area contributed by atoms with E-state index in [1.54, 1.807) is 22.7 Å². The predicted molar refractivity (Wildman–Crippen MR) is 63.4 cm³/mol. The van der Waals surface area contributed by atoms with Crippen molar-refractivity contribution in [2.45, 2.75) is 26.3 Å². The van der Waals surface area contributed by atoms with E-state index in [1.807, 2.05) is 18.5 Å². The van der Waals surface area contributed by atoms with Crippen molar-refractivity contribution in [3.8, 4) is 0 Å². The van der Waals surface area contributed by atoms with Crippen molar-refractivity contribution in [3.05, 3.63) is 21.6 Å². The third-order valence-electron chi connectivity index (χ3n) is 1.98. The number of nitrogens with zero attached hydrogens (tertiary/aromatic N) is 3. The monoisotopic (exact) mass is 240 g/mol. The highest BCUT2D eigenvalue weighted by Crippen LogP contribution is 2.25. The summed E-state index contributed by atoms with van der Waals surface area (Å²) in [4.78, 5) is 4.30. The lowest BCUT2D eigenvalue weighted by Crippen LogP contribution is -2.08. The summed E-state index contributed by atoms with van der Waals surface area (Å²) in [6, 6.07) is 0.248. The average Bonchev–Trinajstić information content (AvgIpc) is 2.85. The van der Waals surface area contributed by atoms with E-state index in [0.717, 1.165) is 21.6 Å². The Morgan fingerprint density at radius 1 is 1.47 bits per heavy atom. The molecule has 6 heteroatoms. The van der Waals surface area contributed by atoms with Gasteiger partial charge in [-0.05, 0) is 13.3 Å². The summed E-state index contributed by atoms with van der Waals surface area (Å²) in [5.41, 5.74) is 0. The first-order valence-corrected chi connectivity index (χ1v) is 6.45. The molecule has 0 aliphatic heterocycles. The first kappa shape index (κ1) is 10.5. The molecule has 1 atom stereocenters. The minimum Gasteiger partial charge on any atom is -0.351 e. The minimum atomic E-state index is 0.248. The normalized spacial score (nSPS) is 12.7. The van der Waals surface area contributed by atoms with Crippen molar-refractivity contribution < 1.29 is 0 Å². The van der Waals surface area contributed by atoms with Crippen LogP contribution in [0.5, 0.6) is 0 Å². The van der Waals surface area contributed by atoms with E-state index in [4.69, 9.17) is 0 Å². The van der Waals surface area contributed by atoms with Crippen molar-refractivity contribution in [2.24, 2.45) is 0 Å². The van der Waals surface area contributed by atoms with Crippen LogP contribution >= 0.6 is 22.7 Å². The zero-order chi connectivity index (χ0) is 10.7. The topological polar surface area (TPSA) is 50.7 Å². The summed E-state index contributed by atoms with van der Waals surface area (Å²) in [7, 11) is 0. The first-order chi connectivity index (χ1) is 7.29. The van der Waals surface area contributed by atoms with Crippen molar-refractivity contribution in [3.63, 3.8) is 0 Å². The highest BCUT2D eigenvalue weighted by atomic mass is 32.1. The summed E-state index contributed by atoms with van der Waals surface area (Å²) in [6.07, 6.45) is 2.82. The third-order valence-corrected chi connectivity index (χ3v) is 3.64. The standard InChI is InChI=1S/C9H12N4S2/c1-3-7(8-10-4-5-14-8)11-9-13-12-6(2)15-9/h4-5,7H,3H2,1-2H3,(H,11,13). The fourth-order valence-electron chi connectivity index (χ4n) is 1.25. The Hall–Kier alpha value is -1.01. The number of hydrogen-bond acceptors (Lipinski definition) is 6. The highest BCUT2D eigenvalue weighted by molar-refractivity contribution is 7.15. The van der Waals surface area contributed by atoms with Gasteiger partial charge in [-0.3, -0.25) is 0 Å². The van der Waals surface area contributed by atoms with Gasteiger partial charge in [-0.1, -0.05) is 18.3 Å². The summed E-state index contributed by atoms with van der Waals surface area (Å²) in [5, 5.41) is 16.3. The molecule has 2 heterocycles. The van der Waals surface area contributed by atoms with Gasteiger partial charge in [0.1, 0.15) is 10.0 Å². The molecule has 0 spiro atoms. The van der Waals surface area contributed by atoms with Crippen molar-refractivity contribution in [2.75, 3.05) is 5.32 Å². The SMILES string of the molecule is CCC(Nc1nnc(C)s1)c1nccs1. The van der Waals surface area contributed by atoms with E-state index in [9.17, 15) is 0 Å². The Kier molecular flexibility index (Phi) is 3.27. The number of anilines is 1. The molecular weight excluding hydrogens is 228 g/mol. The molecule has 2 rings (SSSR count). The molecule has 4 nitrogen and oxygen atoms in total. The molecule has 0 bridgehead atoms. The molecule has 2 aromatic rings. The summed E-state index contributed by atoms with van der Waals surface area (Å²) in [6.45, 7) is 4.08. The fraction of sp³-hybridized carbons (Fsp3) is 0.444. The molecule has 0 amide bonds. The van der Waals surface area contributed by atoms with E-state index in [0.29, 0.717) is 0 Å². The van der Waals surface area contributed by atoms with Crippen LogP contribution in [-0.4, -0.2) is 15.2 Å². The molecule has 1 unspecified atom stereocenters. The van der Waals surface area contributed by atoms with Crippen LogP contribution in [0, 0.1) is 6.92 Å². The van der Waals surface area contributed by atoms with Gasteiger partial charge in [0.25, 0.3) is 0 Å². The second kappa shape index (κ2) is 4.67. The van der Waals surface area contributed by atoms with E-state index in [1.165, 1.54) is 0 Å². The van der Waals surface area contributed by atoms with Crippen LogP contribution in [0.4, 0.5) is 5.13 Å². The Labute approximate surface area is 96.4 Å². The quantitative estimate of drug-likeness (QED) is 0.892. The maximum absolute atomic E-state index is 4.30. The van der Waals surface area contributed by atoms with Crippen molar-refractivity contribution in [1.82, 2.24) is 15.2 Å². The second-order valence-corrected chi connectivity index (χ2v) is 5.21. The summed E-state index contributed by atoms with van der Waals surface area (Å²) < 4.78 is 0. The molecule has 0 aromatic carbocycles. The number of rotatable bonds is 4. The second-order valence-electron chi connectivity index (χ2n) is 3.10. The molecule has 15 heavy (non-hydrogen) atoms. The van der Waals surface area contributed by atoms with E-state index in [2.05, 4.69) is 27.4 Å². The van der Waals surface area contributed by atoms with Crippen molar-refractivity contribution >= 4 is 27.8 Å². The predicted octanol–water partition coefficient (Wildman–Crippen LogP) is 2.87. The van der Waals surface area contributed by atoms with Gasteiger partial charge in [-0.25, -0.2) is 4.98 Å². The van der Waals surface area contributed by atoms with Gasteiger partial charge >= 0.3 is 0 Å². The Morgan fingerprint density at radius 2 is 2.33 bits per heavy atom. The van der Waals surface area contributed by atoms with Gasteiger partial charge in [-0.2, -0.15) is 0 Å². The molecule has 0 saturated carbocycles. The Bertz CT molecular complexity index is 409. The number of nitrogens with one attached hydrogen (secondary N) is 1. The van der Waals surface area contributed by atoms with Gasteiger partial charge in [0.2, 0.25) is 5.13 Å². The molecule has 0 aliphatic rings. The highest BCUT2D eigenvalue weighted by Gasteiger charge is 2.13. The first-order valence-electron chi connectivity index (χ1n) is 4.75. The van der Waals surface area contributed by atoms with Gasteiger partial charge in [0.15, 0.2) is 0 Å². The minimum absolute atomic E-state index is 0.248. The maximum Gasteiger partial charge on any atom is 0.206 e. The molecule has 80 valence electrons. The largest absolute Gasteiger partial charge is 0.351 e. The zero-order valence-electron chi connectivity index (χ0n) is 8.60. The Morgan fingerprint density at radius 3 is 2.87 bits per heavy atom. The van der Waals surface area contributed by atoms with Crippen LogP contribution < -0.4 is 5.32 Å². The van der Waals surface area contributed by atoms with Gasteiger partial charge in [-0.15, -0.1) is 21.5 Å². The molecule has 2 aromatic heterocycles. The molecule has 0 saturated heterocycles. The van der Waals surface area contributed by atoms with Gasteiger partial charge in [0, 0.05) is 11.6 Å². The van der Waals surface area contributed by atoms with E-state index >= 15 is 0 Å². The van der Waals surface area contributed by atoms with Crippen LogP contribution in [0.1, 0.15) is 29.4 Å². The van der Waals surface area contributed by atoms with E-state index in [-0.39, 0.29) is 6.04 Å². The summed E-state index contributed by atoms with van der Waals surface area (Å²) >= 11 is 3.24. The smallest absolute Gasteiger partial charge is 0.206 e. The summed E-state index contributed by atoms with van der Waals surface area (Å²) in [5.74, 6) is 0. The molecular formula is C9H12N4S2. The zero-order valence-corrected chi connectivity index (χ0v) is 10.2. The maximum atomic E-state index is 4.30. The third kappa shape index (κ3) is 2.51. The van der Waals surface area contributed by atoms with Crippen LogP contribution in [0.2, 0.25) is 0 Å². The molecule has 0 fully saturated rings. The van der Waals surface area contributed by atoms with Crippen molar-refractivity contribution in [1.29, 1.82) is 0 Å². The lowest BCUT2D eigenvalue weighted by molar-refractivity contribution is 0.738. The van der Waals surface area contributed by atoms with Crippen LogP contribution in [-0.2, 0) is 0 Å². The molecule has 0 aliphatic carbocycles. The molecule has 0 radical (unpaired) electrons. The van der Waals surface area contributed by atoms with Crippen LogP contribution in [0.15, 0.2) is 11.6 Å². The van der Waals surface area contributed by atoms with Crippen LogP contribution in [0.3, 0.4) is 0 Å². The Balaban J connectivity index is 2.09. The lowest BCUT2D eigenvalue weighted by Gasteiger charge is -2.12. The molecule has 1 N–H and O–H groups in total.